The van der Waals surface area contributed by atoms with E-state index in [1.165, 1.54) is 67.3 Å². The third kappa shape index (κ3) is 5.81. The molecule has 0 bridgehead atoms. The van der Waals surface area contributed by atoms with Gasteiger partial charge in [-0.3, -0.25) is 0 Å². The summed E-state index contributed by atoms with van der Waals surface area (Å²) >= 11 is 4.51. The van der Waals surface area contributed by atoms with E-state index in [1.807, 2.05) is 0 Å². The van der Waals surface area contributed by atoms with Crippen LogP contribution in [0.3, 0.4) is 0 Å². The monoisotopic (exact) mass is 508 g/mol. The van der Waals surface area contributed by atoms with Crippen molar-refractivity contribution in [3.8, 4) is 0 Å². The molecule has 0 aromatic heterocycles. The van der Waals surface area contributed by atoms with Gasteiger partial charge in [0.25, 0.3) is 0 Å². The Hall–Kier alpha value is -1.69. The van der Waals surface area contributed by atoms with Crippen LogP contribution < -0.4 is 15.9 Å². The molecular formula is C30H38BrP. The number of hydrogen-bond donors (Lipinski definition) is 0. The molecule has 0 aliphatic rings. The van der Waals surface area contributed by atoms with Gasteiger partial charge >= 0.3 is 204 Å². The topological polar surface area (TPSA) is 0 Å². The van der Waals surface area contributed by atoms with E-state index < -0.39 is 5.31 Å². The average molecular weight is 510 g/mol. The zero-order valence-electron chi connectivity index (χ0n) is 19.5. The minimum atomic E-state index is -2.80. The molecule has 0 aliphatic heterocycles. The van der Waals surface area contributed by atoms with Crippen LogP contribution in [0, 0.1) is 0 Å². The number of halogens is 1. The summed E-state index contributed by atoms with van der Waals surface area (Å²) in [5.41, 5.74) is 0. The van der Waals surface area contributed by atoms with Gasteiger partial charge in [0.05, 0.1) is 0 Å². The Morgan fingerprint density at radius 1 is 0.562 bits per heavy atom. The van der Waals surface area contributed by atoms with Crippen molar-refractivity contribution in [3.05, 3.63) is 103 Å². The second kappa shape index (κ2) is 12.5. The second-order valence-corrected chi connectivity index (χ2v) is 17.7. The molecule has 2 heteroatoms. The molecule has 0 spiro atoms. The third-order valence-corrected chi connectivity index (χ3v) is 16.0. The van der Waals surface area contributed by atoms with Gasteiger partial charge in [-0.25, -0.2) is 0 Å². The van der Waals surface area contributed by atoms with E-state index in [9.17, 15) is 0 Å². The fourth-order valence-corrected chi connectivity index (χ4v) is 11.7. The third-order valence-electron chi connectivity index (χ3n) is 6.47. The van der Waals surface area contributed by atoms with E-state index in [-0.39, 0.29) is 0 Å². The van der Waals surface area contributed by atoms with Crippen LogP contribution in [0.4, 0.5) is 0 Å². The van der Waals surface area contributed by atoms with Crippen LogP contribution in [0.15, 0.2) is 103 Å². The van der Waals surface area contributed by atoms with Crippen LogP contribution in [0.25, 0.3) is 0 Å². The Morgan fingerprint density at radius 3 is 1.41 bits per heavy atom. The van der Waals surface area contributed by atoms with Gasteiger partial charge in [0.15, 0.2) is 0 Å². The van der Waals surface area contributed by atoms with Crippen molar-refractivity contribution in [2.24, 2.45) is 0 Å². The summed E-state index contributed by atoms with van der Waals surface area (Å²) in [6.45, 7) is 2.28. The van der Waals surface area contributed by atoms with Crippen molar-refractivity contribution in [2.75, 3.05) is 6.16 Å². The van der Waals surface area contributed by atoms with Crippen molar-refractivity contribution in [1.29, 1.82) is 0 Å². The Bertz CT molecular complexity index is 835. The van der Waals surface area contributed by atoms with Gasteiger partial charge in [-0.1, -0.05) is 0 Å². The van der Waals surface area contributed by atoms with Crippen molar-refractivity contribution < 1.29 is 0 Å². The maximum atomic E-state index is 4.51. The molecule has 3 aromatic rings. The molecule has 0 amide bonds. The number of unbranched alkanes of at least 4 members (excludes halogenated alkanes) is 7. The zero-order valence-corrected chi connectivity index (χ0v) is 22.0. The predicted octanol–water partition coefficient (Wildman–Crippen LogP) is 8.52. The van der Waals surface area contributed by atoms with E-state index in [4.69, 9.17) is 0 Å². The van der Waals surface area contributed by atoms with E-state index in [0.717, 1.165) is 6.16 Å². The molecule has 0 nitrogen and oxygen atoms in total. The molecule has 3 rings (SSSR count). The van der Waals surface area contributed by atoms with Crippen LogP contribution in [0.1, 0.15) is 58.3 Å². The quantitative estimate of drug-likeness (QED) is 0.123. The molecule has 0 saturated heterocycles. The first-order valence-electron chi connectivity index (χ1n) is 12.2. The summed E-state index contributed by atoms with van der Waals surface area (Å²) in [4.78, 5) is 0. The summed E-state index contributed by atoms with van der Waals surface area (Å²) in [5, 5.41) is 1.36. The minimum absolute atomic E-state index is 0.986. The summed E-state index contributed by atoms with van der Waals surface area (Å²) in [6.07, 6.45) is 16.5. The number of hydrogen-bond acceptors (Lipinski definition) is 0. The van der Waals surface area contributed by atoms with Gasteiger partial charge in [-0.15, -0.1) is 0 Å². The van der Waals surface area contributed by atoms with Crippen LogP contribution in [0.2, 0.25) is 0 Å². The van der Waals surface area contributed by atoms with Crippen molar-refractivity contribution in [2.45, 2.75) is 58.3 Å². The Morgan fingerprint density at radius 2 is 0.969 bits per heavy atom. The SMILES string of the molecule is CCCCCCCCCC=CCP(Br)(c1ccccc1)(c1ccccc1)c1ccccc1. The molecule has 0 N–H and O–H groups in total. The molecule has 170 valence electrons. The number of benzene rings is 3. The Labute approximate surface area is 203 Å². The molecule has 0 saturated carbocycles. The van der Waals surface area contributed by atoms with Gasteiger partial charge in [0.2, 0.25) is 0 Å². The molecule has 0 atom stereocenters. The normalized spacial score (nSPS) is 13.1. The average Bonchev–Trinajstić information content (AvgIpc) is 2.87. The maximum absolute atomic E-state index is 4.51. The van der Waals surface area contributed by atoms with E-state index in [1.54, 1.807) is 0 Å². The number of rotatable bonds is 13. The predicted molar refractivity (Wildman–Crippen MR) is 151 cm³/mol. The van der Waals surface area contributed by atoms with Gasteiger partial charge in [-0.2, -0.15) is 0 Å². The fourth-order valence-electron chi connectivity index (χ4n) is 4.59. The molecule has 32 heavy (non-hydrogen) atoms. The molecule has 3 aromatic carbocycles. The van der Waals surface area contributed by atoms with Crippen molar-refractivity contribution >= 4 is 36.7 Å². The molecule has 0 unspecified atom stereocenters. The van der Waals surface area contributed by atoms with Gasteiger partial charge in [-0.05, 0) is 0 Å². The first kappa shape index (κ1) is 24.9. The molecule has 0 fully saturated rings. The zero-order chi connectivity index (χ0) is 22.6. The van der Waals surface area contributed by atoms with Gasteiger partial charge in [0.1, 0.15) is 0 Å². The van der Waals surface area contributed by atoms with Crippen molar-refractivity contribution in [1.82, 2.24) is 0 Å². The Balaban J connectivity index is 1.85. The summed E-state index contributed by atoms with van der Waals surface area (Å²) < 4.78 is 0. The molecule has 0 heterocycles. The summed E-state index contributed by atoms with van der Waals surface area (Å²) in [5.74, 6) is 0. The van der Waals surface area contributed by atoms with Crippen LogP contribution in [0.5, 0.6) is 0 Å². The van der Waals surface area contributed by atoms with Crippen LogP contribution in [-0.2, 0) is 0 Å². The first-order valence-corrected chi connectivity index (χ1v) is 16.7. The summed E-state index contributed by atoms with van der Waals surface area (Å²) in [7, 11) is 0. The number of allylic oxidation sites excluding steroid dienone is 2. The van der Waals surface area contributed by atoms with Crippen LogP contribution >= 0.6 is 20.8 Å². The van der Waals surface area contributed by atoms with Gasteiger partial charge in [0, 0.05) is 0 Å². The van der Waals surface area contributed by atoms with Gasteiger partial charge < -0.3 is 0 Å². The summed E-state index contributed by atoms with van der Waals surface area (Å²) in [6, 6.07) is 33.2. The molecular weight excluding hydrogens is 471 g/mol. The second-order valence-electron chi connectivity index (χ2n) is 8.75. The van der Waals surface area contributed by atoms with E-state index in [2.05, 4.69) is 126 Å². The van der Waals surface area contributed by atoms with Crippen molar-refractivity contribution in [3.63, 3.8) is 0 Å². The standard InChI is InChI=1S/C30H38BrP/c1-2-3-4-5-6-7-8-9-10-20-27-32(31,28-21-14-11-15-22-28,29-23-16-12-17-24-29)30-25-18-13-19-26-30/h10-26H,2-9,27H2,1H3. The first-order chi connectivity index (χ1) is 15.7. The van der Waals surface area contributed by atoms with E-state index >= 15 is 0 Å². The molecule has 0 radical (unpaired) electrons. The fraction of sp³-hybridized carbons (Fsp3) is 0.333. The Kier molecular flexibility index (Phi) is 9.76. The van der Waals surface area contributed by atoms with E-state index in [0.29, 0.717) is 0 Å². The molecule has 0 aliphatic carbocycles. The van der Waals surface area contributed by atoms with Crippen LogP contribution in [-0.4, -0.2) is 6.16 Å².